The zero-order valence-corrected chi connectivity index (χ0v) is 37.0. The first kappa shape index (κ1) is 57.5. The van der Waals surface area contributed by atoms with E-state index in [1.54, 1.807) is 0 Å². The maximum absolute atomic E-state index is 11.8. The maximum Gasteiger partial charge on any atom is 0.217 e. The fraction of sp³-hybridized carbons (Fsp3) is 0.974. The number of nitrogens with one attached hydrogen (secondary N) is 1. The van der Waals surface area contributed by atoms with Crippen LogP contribution >= 0.6 is 0 Å². The third-order valence-corrected chi connectivity index (χ3v) is 12.8. The molecule has 32 nitrogen and oxygen atoms in total. The van der Waals surface area contributed by atoms with Crippen molar-refractivity contribution in [2.75, 3.05) is 39.6 Å². The minimum absolute atomic E-state index is 0.717. The van der Waals surface area contributed by atoms with Gasteiger partial charge in [0.2, 0.25) is 5.91 Å². The molecule has 20 N–H and O–H groups in total. The molecule has 408 valence electrons. The van der Waals surface area contributed by atoms with E-state index in [1.807, 2.05) is 0 Å². The highest BCUT2D eigenvalue weighted by atomic mass is 16.8. The van der Waals surface area contributed by atoms with E-state index in [1.165, 1.54) is 0 Å². The van der Waals surface area contributed by atoms with Crippen molar-refractivity contribution in [3.8, 4) is 0 Å². The summed E-state index contributed by atoms with van der Waals surface area (Å²) in [6.45, 7) is -4.43. The molecule has 0 aliphatic carbocycles. The lowest BCUT2D eigenvalue weighted by Gasteiger charge is -2.49. The first-order chi connectivity index (χ1) is 33.1. The summed E-state index contributed by atoms with van der Waals surface area (Å²) in [6, 6.07) is -1.54. The molecular weight excluding hydrogens is 966 g/mol. The Morgan fingerprint density at radius 1 is 0.371 bits per heavy atom. The molecule has 6 aliphatic heterocycles. The average Bonchev–Trinajstić information content (AvgIpc) is 3.33. The van der Waals surface area contributed by atoms with Gasteiger partial charge in [-0.3, -0.25) is 4.79 Å². The second kappa shape index (κ2) is 24.7. The van der Waals surface area contributed by atoms with E-state index in [0.717, 1.165) is 6.92 Å². The van der Waals surface area contributed by atoms with Crippen LogP contribution in [0.3, 0.4) is 0 Å². The van der Waals surface area contributed by atoms with Gasteiger partial charge in [0.05, 0.1) is 39.6 Å². The van der Waals surface area contributed by atoms with Crippen molar-refractivity contribution >= 4 is 5.91 Å². The minimum atomic E-state index is -2.23. The van der Waals surface area contributed by atoms with Crippen molar-refractivity contribution in [2.24, 2.45) is 0 Å². The Labute approximate surface area is 395 Å². The lowest BCUT2D eigenvalue weighted by atomic mass is 9.95. The Balaban J connectivity index is 1.24. The standard InChI is InChI=1S/C38H65NO31/c1-8(44)39-15-21(50)30(12(5-43)62-33(15)59)68-37-28(57)24(53)19(48)13(67-37)6-61-35-29(58)31(20(49)14(66-35)7-60-34-26(55)22(51)16(45)9(2-40)63-34)69-38-32(25(54)18(47)11(4-42)65-38)70-36-27(56)23(52)17(46)10(3-41)64-36/h9-38,40-43,45-59H,2-7H2,1H3,(H,39,44)/t9-,10-,11-,12-,13-,14-,15-,16-,17-,18-,19-,20-,21-,22+,23+,24+,25+,26+,27+,28+,29+,30-,31+,32+,33?,34+,35+,36-,37+,38-/m1/s1. The molecule has 32 heteroatoms. The predicted octanol–water partition coefficient (Wildman–Crippen LogP) is -14.0. The van der Waals surface area contributed by atoms with E-state index in [2.05, 4.69) is 5.32 Å². The predicted molar refractivity (Wildman–Crippen MR) is 211 cm³/mol. The number of hydrogen-bond acceptors (Lipinski definition) is 31. The summed E-state index contributed by atoms with van der Waals surface area (Å²) < 4.78 is 61.8. The van der Waals surface area contributed by atoms with Gasteiger partial charge in [-0.15, -0.1) is 0 Å². The molecule has 6 heterocycles. The van der Waals surface area contributed by atoms with Gasteiger partial charge in [0.1, 0.15) is 146 Å². The van der Waals surface area contributed by atoms with Crippen molar-refractivity contribution in [2.45, 2.75) is 191 Å². The zero-order chi connectivity index (χ0) is 51.6. The van der Waals surface area contributed by atoms with E-state index in [0.29, 0.717) is 0 Å². The number of rotatable bonds is 17. The molecule has 6 saturated heterocycles. The summed E-state index contributed by atoms with van der Waals surface area (Å²) in [5.74, 6) is -0.717. The quantitative estimate of drug-likeness (QED) is 0.0643. The molecule has 0 spiro atoms. The first-order valence-electron chi connectivity index (χ1n) is 22.1. The molecule has 6 fully saturated rings. The van der Waals surface area contributed by atoms with Crippen LogP contribution in [0.5, 0.6) is 0 Å². The number of amides is 1. The second-order valence-electron chi connectivity index (χ2n) is 17.6. The first-order valence-corrected chi connectivity index (χ1v) is 22.1. The number of carbonyl (C=O) groups excluding carboxylic acids is 1. The van der Waals surface area contributed by atoms with Gasteiger partial charge in [-0.1, -0.05) is 0 Å². The summed E-state index contributed by atoms with van der Waals surface area (Å²) in [5.41, 5.74) is 0. The molecule has 0 aromatic carbocycles. The highest BCUT2D eigenvalue weighted by Crippen LogP contribution is 2.35. The van der Waals surface area contributed by atoms with E-state index in [-0.39, 0.29) is 0 Å². The second-order valence-corrected chi connectivity index (χ2v) is 17.6. The number of aliphatic hydroxyl groups is 19. The van der Waals surface area contributed by atoms with Gasteiger partial charge in [-0.2, -0.15) is 0 Å². The van der Waals surface area contributed by atoms with Crippen molar-refractivity contribution in [1.29, 1.82) is 0 Å². The molecule has 6 rings (SSSR count). The minimum Gasteiger partial charge on any atom is -0.394 e. The summed E-state index contributed by atoms with van der Waals surface area (Å²) >= 11 is 0. The molecule has 70 heavy (non-hydrogen) atoms. The van der Waals surface area contributed by atoms with Crippen LogP contribution < -0.4 is 5.32 Å². The zero-order valence-electron chi connectivity index (χ0n) is 37.0. The fourth-order valence-corrected chi connectivity index (χ4v) is 8.69. The summed E-state index contributed by atoms with van der Waals surface area (Å²) in [7, 11) is 0. The number of hydrogen-bond donors (Lipinski definition) is 20. The van der Waals surface area contributed by atoms with E-state index >= 15 is 0 Å². The Kier molecular flexibility index (Phi) is 20.3. The van der Waals surface area contributed by atoms with Crippen LogP contribution in [0, 0.1) is 0 Å². The third kappa shape index (κ3) is 12.2. The molecule has 0 aromatic heterocycles. The molecule has 0 bridgehead atoms. The van der Waals surface area contributed by atoms with E-state index < -0.39 is 230 Å². The van der Waals surface area contributed by atoms with Crippen LogP contribution in [0.4, 0.5) is 0 Å². The molecule has 1 amide bonds. The van der Waals surface area contributed by atoms with Gasteiger partial charge in [0.15, 0.2) is 37.7 Å². The highest BCUT2D eigenvalue weighted by molar-refractivity contribution is 5.73. The lowest BCUT2D eigenvalue weighted by Crippen LogP contribution is -2.67. The van der Waals surface area contributed by atoms with Crippen LogP contribution in [0.2, 0.25) is 0 Å². The van der Waals surface area contributed by atoms with Crippen LogP contribution in [0.1, 0.15) is 6.92 Å². The molecule has 0 saturated carbocycles. The fourth-order valence-electron chi connectivity index (χ4n) is 8.69. The molecule has 30 atom stereocenters. The van der Waals surface area contributed by atoms with Crippen molar-refractivity contribution in [3.63, 3.8) is 0 Å². The molecule has 0 aromatic rings. The van der Waals surface area contributed by atoms with Gasteiger partial charge in [-0.05, 0) is 0 Å². The number of aliphatic hydroxyl groups excluding tert-OH is 19. The Morgan fingerprint density at radius 3 is 1.24 bits per heavy atom. The Hall–Kier alpha value is -1.73. The molecule has 0 radical (unpaired) electrons. The normalized spacial score (nSPS) is 51.5. The van der Waals surface area contributed by atoms with Gasteiger partial charge in [-0.25, -0.2) is 0 Å². The van der Waals surface area contributed by atoms with Gasteiger partial charge in [0.25, 0.3) is 0 Å². The van der Waals surface area contributed by atoms with Crippen LogP contribution in [-0.2, 0) is 56.9 Å². The van der Waals surface area contributed by atoms with Gasteiger partial charge < -0.3 is 154 Å². The summed E-state index contributed by atoms with van der Waals surface area (Å²) in [5, 5.41) is 203. The lowest BCUT2D eigenvalue weighted by molar-refractivity contribution is -0.393. The smallest absolute Gasteiger partial charge is 0.217 e. The third-order valence-electron chi connectivity index (χ3n) is 12.8. The molecular formula is C38H65NO31. The number of ether oxygens (including phenoxy) is 11. The van der Waals surface area contributed by atoms with Crippen molar-refractivity contribution in [3.05, 3.63) is 0 Å². The van der Waals surface area contributed by atoms with E-state index in [9.17, 15) is 102 Å². The average molecular weight is 1030 g/mol. The van der Waals surface area contributed by atoms with Crippen molar-refractivity contribution < 1.29 is 154 Å². The topological polar surface area (TPSA) is 515 Å². The van der Waals surface area contributed by atoms with Crippen LogP contribution in [0.25, 0.3) is 0 Å². The van der Waals surface area contributed by atoms with Crippen molar-refractivity contribution in [1.82, 2.24) is 5.32 Å². The maximum atomic E-state index is 11.8. The monoisotopic (exact) mass is 1030 g/mol. The van der Waals surface area contributed by atoms with Crippen LogP contribution in [0.15, 0.2) is 0 Å². The SMILES string of the molecule is CC(=O)N[C@H]1C(O)O[C@H](CO)[C@@H](O[C@@H]2O[C@H](CO[C@H]3O[C@H](CO[C@H]4O[C@H](CO)[C@@H](O)[C@H](O)[C@@H]4O)[C@@H](O)[C@H](O[C@H]4O[C@H](CO)[C@@H](O)[C@H](O)[C@@H]4O[C@H]4O[C@H](CO)[C@@H](O)[C@H](O)[C@@H]4O)[C@@H]3O)[C@@H](O)[C@H](O)[C@@H]2O)[C@@H]1O. The van der Waals surface area contributed by atoms with E-state index in [4.69, 9.17) is 52.1 Å². The summed E-state index contributed by atoms with van der Waals surface area (Å²) in [4.78, 5) is 11.8. The summed E-state index contributed by atoms with van der Waals surface area (Å²) in [6.07, 6.45) is -55.7. The number of carbonyl (C=O) groups is 1. The van der Waals surface area contributed by atoms with Crippen LogP contribution in [-0.4, -0.2) is 327 Å². The van der Waals surface area contributed by atoms with Gasteiger partial charge >= 0.3 is 0 Å². The molecule has 1 unspecified atom stereocenters. The Bertz CT molecular complexity index is 1630. The van der Waals surface area contributed by atoms with Gasteiger partial charge in [0, 0.05) is 6.92 Å². The largest absolute Gasteiger partial charge is 0.394 e. The highest BCUT2D eigenvalue weighted by Gasteiger charge is 2.56. The Morgan fingerprint density at radius 2 is 0.743 bits per heavy atom. The molecule has 6 aliphatic rings.